The third-order valence-electron chi connectivity index (χ3n) is 3.43. The van der Waals surface area contributed by atoms with E-state index < -0.39 is 5.97 Å². The summed E-state index contributed by atoms with van der Waals surface area (Å²) < 4.78 is 0. The van der Waals surface area contributed by atoms with Gasteiger partial charge in [-0.15, -0.1) is 0 Å². The molecule has 0 amide bonds. The Morgan fingerprint density at radius 1 is 0.731 bits per heavy atom. The molecule has 0 aliphatic carbocycles. The van der Waals surface area contributed by atoms with E-state index in [0.717, 1.165) is 16.0 Å². The predicted molar refractivity (Wildman–Crippen MR) is 102 cm³/mol. The Kier molecular flexibility index (Phi) is 5.96. The van der Waals surface area contributed by atoms with Crippen LogP contribution in [0, 0.1) is 0 Å². The van der Waals surface area contributed by atoms with Crippen molar-refractivity contribution in [1.82, 2.24) is 0 Å². The van der Waals surface area contributed by atoms with Crippen molar-refractivity contribution < 1.29 is 14.4 Å². The zero-order chi connectivity index (χ0) is 18.2. The van der Waals surface area contributed by atoms with Crippen molar-refractivity contribution >= 4 is 29.7 Å². The van der Waals surface area contributed by atoms with Crippen LogP contribution < -0.4 is 0 Å². The summed E-state index contributed by atoms with van der Waals surface area (Å²) in [4.78, 5) is 30.7. The van der Waals surface area contributed by atoms with Crippen molar-refractivity contribution in [3.05, 3.63) is 96.1 Å². The van der Waals surface area contributed by atoms with E-state index in [1.54, 1.807) is 54.2 Å². The number of carbonyl (C=O) groups is 2. The van der Waals surface area contributed by atoms with Gasteiger partial charge in [-0.2, -0.15) is 0 Å². The summed E-state index contributed by atoms with van der Waals surface area (Å²) >= 11 is 1.61. The smallest absolute Gasteiger partial charge is 0.313 e. The molecule has 0 spiro atoms. The van der Waals surface area contributed by atoms with Crippen molar-refractivity contribution in [3.63, 3.8) is 0 Å². The lowest BCUT2D eigenvalue weighted by molar-refractivity contribution is 0.0518. The van der Waals surface area contributed by atoms with Gasteiger partial charge in [0.15, 0.2) is 0 Å². The van der Waals surface area contributed by atoms with Crippen LogP contribution >= 0.6 is 11.8 Å². The van der Waals surface area contributed by atoms with E-state index in [2.05, 4.69) is 5.16 Å². The van der Waals surface area contributed by atoms with Crippen LogP contribution in [0.25, 0.3) is 0 Å². The molecule has 0 N–H and O–H groups in total. The Morgan fingerprint density at radius 3 is 1.96 bits per heavy atom. The lowest BCUT2D eigenvalue weighted by Crippen LogP contribution is -2.04. The van der Waals surface area contributed by atoms with E-state index in [4.69, 9.17) is 4.84 Å². The van der Waals surface area contributed by atoms with Crippen LogP contribution in [0.15, 0.2) is 99.9 Å². The molecular weight excluding hydrogens is 346 g/mol. The van der Waals surface area contributed by atoms with Gasteiger partial charge in [-0.1, -0.05) is 53.3 Å². The van der Waals surface area contributed by atoms with Gasteiger partial charge in [0.05, 0.1) is 5.56 Å². The van der Waals surface area contributed by atoms with Crippen molar-refractivity contribution in [2.45, 2.75) is 9.79 Å². The number of rotatable bonds is 6. The molecule has 0 heterocycles. The Hall–Kier alpha value is -3.18. The van der Waals surface area contributed by atoms with E-state index in [1.807, 2.05) is 42.5 Å². The van der Waals surface area contributed by atoms with E-state index in [9.17, 15) is 9.59 Å². The van der Waals surface area contributed by atoms with E-state index in [0.29, 0.717) is 11.1 Å². The van der Waals surface area contributed by atoms with Crippen LogP contribution in [0.5, 0.6) is 0 Å². The van der Waals surface area contributed by atoms with Crippen molar-refractivity contribution in [3.8, 4) is 0 Å². The number of hydrogen-bond acceptors (Lipinski definition) is 5. The highest BCUT2D eigenvalue weighted by Crippen LogP contribution is 2.27. The summed E-state index contributed by atoms with van der Waals surface area (Å²) in [6, 6.07) is 25.6. The van der Waals surface area contributed by atoms with Crippen LogP contribution in [0.2, 0.25) is 0 Å². The van der Waals surface area contributed by atoms with Gasteiger partial charge >= 0.3 is 5.97 Å². The van der Waals surface area contributed by atoms with Gasteiger partial charge in [0, 0.05) is 15.4 Å². The number of hydrogen-bond donors (Lipinski definition) is 0. The summed E-state index contributed by atoms with van der Waals surface area (Å²) in [5.41, 5.74) is 0.848. The molecule has 0 unspecified atom stereocenters. The number of carbonyl (C=O) groups excluding carboxylic acids is 2. The molecule has 0 saturated heterocycles. The molecule has 5 heteroatoms. The van der Waals surface area contributed by atoms with Gasteiger partial charge in [-0.25, -0.2) is 4.79 Å². The van der Waals surface area contributed by atoms with Gasteiger partial charge in [0.2, 0.25) is 5.78 Å². The molecule has 0 atom stereocenters. The quantitative estimate of drug-likeness (QED) is 0.272. The molecular formula is C21H15NO3S. The van der Waals surface area contributed by atoms with Crippen LogP contribution in [-0.4, -0.2) is 18.0 Å². The molecule has 0 saturated carbocycles. The zero-order valence-electron chi connectivity index (χ0n) is 13.7. The highest BCUT2D eigenvalue weighted by atomic mass is 32.2. The van der Waals surface area contributed by atoms with Crippen LogP contribution in [-0.2, 0) is 4.84 Å². The second kappa shape index (κ2) is 8.78. The Bertz CT molecular complexity index is 907. The Labute approximate surface area is 155 Å². The van der Waals surface area contributed by atoms with E-state index in [-0.39, 0.29) is 5.78 Å². The molecule has 0 aliphatic heterocycles. The normalized spacial score (nSPS) is 10.6. The Balaban J connectivity index is 1.57. The van der Waals surface area contributed by atoms with Crippen molar-refractivity contribution in [1.29, 1.82) is 0 Å². The molecule has 128 valence electrons. The van der Waals surface area contributed by atoms with Crippen LogP contribution in [0.4, 0.5) is 0 Å². The van der Waals surface area contributed by atoms with E-state index >= 15 is 0 Å². The van der Waals surface area contributed by atoms with Gasteiger partial charge in [-0.3, -0.25) is 4.79 Å². The van der Waals surface area contributed by atoms with Gasteiger partial charge in [0.25, 0.3) is 0 Å². The van der Waals surface area contributed by atoms with Crippen LogP contribution in [0.1, 0.15) is 20.7 Å². The standard InChI is InChI=1S/C21H15NO3S/c23-20(15-22-25-21(24)17-7-3-1-4-8-17)16-11-13-19(14-12-16)26-18-9-5-2-6-10-18/h1-15H. The second-order valence-corrected chi connectivity index (χ2v) is 6.43. The molecule has 0 bridgehead atoms. The molecule has 3 aromatic rings. The molecule has 4 nitrogen and oxygen atoms in total. The van der Waals surface area contributed by atoms with Crippen molar-refractivity contribution in [2.24, 2.45) is 5.16 Å². The summed E-state index contributed by atoms with van der Waals surface area (Å²) in [6.45, 7) is 0. The second-order valence-electron chi connectivity index (χ2n) is 5.28. The summed E-state index contributed by atoms with van der Waals surface area (Å²) in [5.74, 6) is -0.939. The first-order chi connectivity index (χ1) is 12.7. The number of ketones is 1. The number of nitrogens with zero attached hydrogens (tertiary/aromatic N) is 1. The number of oxime groups is 1. The average molecular weight is 361 g/mol. The monoisotopic (exact) mass is 361 g/mol. The fraction of sp³-hybridized carbons (Fsp3) is 0. The minimum Gasteiger partial charge on any atom is -0.313 e. The van der Waals surface area contributed by atoms with E-state index in [1.165, 1.54) is 0 Å². The maximum atomic E-state index is 12.1. The molecule has 0 aliphatic rings. The SMILES string of the molecule is O=C(C=NOC(=O)c1ccccc1)c1ccc(Sc2ccccc2)cc1. The average Bonchev–Trinajstić information content (AvgIpc) is 2.70. The zero-order valence-corrected chi connectivity index (χ0v) is 14.6. The minimum absolute atomic E-state index is 0.331. The molecule has 3 rings (SSSR count). The minimum atomic E-state index is -0.607. The fourth-order valence-corrected chi connectivity index (χ4v) is 2.97. The summed E-state index contributed by atoms with van der Waals surface area (Å²) in [6.07, 6.45) is 1.00. The van der Waals surface area contributed by atoms with Gasteiger partial charge in [-0.05, 0) is 48.5 Å². The first-order valence-corrected chi connectivity index (χ1v) is 8.71. The molecule has 3 aromatic carbocycles. The largest absolute Gasteiger partial charge is 0.365 e. The maximum Gasteiger partial charge on any atom is 0.365 e. The Morgan fingerprint density at radius 2 is 1.31 bits per heavy atom. The highest BCUT2D eigenvalue weighted by Gasteiger charge is 2.07. The van der Waals surface area contributed by atoms with Gasteiger partial charge < -0.3 is 4.84 Å². The summed E-state index contributed by atoms with van der Waals surface area (Å²) in [5, 5.41) is 3.48. The number of benzene rings is 3. The first kappa shape index (κ1) is 17.6. The third kappa shape index (κ3) is 4.91. The van der Waals surface area contributed by atoms with Gasteiger partial charge in [0.1, 0.15) is 6.21 Å². The van der Waals surface area contributed by atoms with Crippen LogP contribution in [0.3, 0.4) is 0 Å². The number of Topliss-reactive ketones (excluding diaryl/α,β-unsaturated/α-hetero) is 1. The summed E-state index contributed by atoms with van der Waals surface area (Å²) in [7, 11) is 0. The third-order valence-corrected chi connectivity index (χ3v) is 4.45. The molecule has 0 aromatic heterocycles. The highest BCUT2D eigenvalue weighted by molar-refractivity contribution is 7.99. The lowest BCUT2D eigenvalue weighted by Gasteiger charge is -2.02. The predicted octanol–water partition coefficient (Wildman–Crippen LogP) is 4.86. The fourth-order valence-electron chi connectivity index (χ4n) is 2.14. The molecule has 0 radical (unpaired) electrons. The van der Waals surface area contributed by atoms with Crippen molar-refractivity contribution in [2.75, 3.05) is 0 Å². The first-order valence-electron chi connectivity index (χ1n) is 7.89. The molecule has 26 heavy (non-hydrogen) atoms. The molecule has 0 fully saturated rings. The lowest BCUT2D eigenvalue weighted by atomic mass is 10.1. The topological polar surface area (TPSA) is 55.7 Å². The maximum absolute atomic E-state index is 12.1.